The van der Waals surface area contributed by atoms with Crippen molar-refractivity contribution in [3.8, 4) is 5.75 Å². The van der Waals surface area contributed by atoms with Crippen LogP contribution in [0.4, 0.5) is 8.78 Å². The fraction of sp³-hybridized carbons (Fsp3) is 0.235. The summed E-state index contributed by atoms with van der Waals surface area (Å²) < 4.78 is 31.7. The number of hydrogen-bond acceptors (Lipinski definition) is 2. The summed E-state index contributed by atoms with van der Waals surface area (Å²) in [6.45, 7) is 5.77. The lowest BCUT2D eigenvalue weighted by Crippen LogP contribution is -2.22. The highest BCUT2D eigenvalue weighted by molar-refractivity contribution is 6.09. The van der Waals surface area contributed by atoms with Crippen molar-refractivity contribution in [3.63, 3.8) is 0 Å². The summed E-state index contributed by atoms with van der Waals surface area (Å²) in [6, 6.07) is 9.67. The molecule has 0 saturated heterocycles. The first-order valence-corrected chi connectivity index (χ1v) is 6.55. The highest BCUT2D eigenvalue weighted by atomic mass is 19.2. The molecule has 0 aromatic heterocycles. The SMILES string of the molecule is CC(C)(C)Oc1ccc(C(=O)c2ccc(F)c(F)c2)cc1. The Bertz CT molecular complexity index is 655. The lowest BCUT2D eigenvalue weighted by molar-refractivity contribution is 0.103. The predicted octanol–water partition coefficient (Wildman–Crippen LogP) is 4.37. The maximum absolute atomic E-state index is 13.2. The number of ether oxygens (including phenoxy) is 1. The van der Waals surface area contributed by atoms with Crippen LogP contribution in [0.25, 0.3) is 0 Å². The van der Waals surface area contributed by atoms with Crippen LogP contribution in [0.3, 0.4) is 0 Å². The molecule has 0 atom stereocenters. The third-order valence-corrected chi connectivity index (χ3v) is 2.72. The van der Waals surface area contributed by atoms with Gasteiger partial charge in [0.05, 0.1) is 0 Å². The normalized spacial score (nSPS) is 11.3. The molecule has 0 fully saturated rings. The standard InChI is InChI=1S/C17H16F2O2/c1-17(2,3)21-13-7-4-11(5-8-13)16(20)12-6-9-14(18)15(19)10-12/h4-10H,1-3H3. The molecule has 0 aliphatic heterocycles. The highest BCUT2D eigenvalue weighted by Gasteiger charge is 2.14. The van der Waals surface area contributed by atoms with E-state index in [4.69, 9.17) is 4.74 Å². The number of hydrogen-bond donors (Lipinski definition) is 0. The molecule has 21 heavy (non-hydrogen) atoms. The summed E-state index contributed by atoms with van der Waals surface area (Å²) in [7, 11) is 0. The molecule has 2 rings (SSSR count). The van der Waals surface area contributed by atoms with Gasteiger partial charge in [-0.05, 0) is 63.2 Å². The van der Waals surface area contributed by atoms with E-state index in [1.54, 1.807) is 24.3 Å². The molecular formula is C17H16F2O2. The van der Waals surface area contributed by atoms with Crippen molar-refractivity contribution in [1.82, 2.24) is 0 Å². The monoisotopic (exact) mass is 290 g/mol. The zero-order chi connectivity index (χ0) is 15.6. The van der Waals surface area contributed by atoms with Crippen LogP contribution in [0, 0.1) is 11.6 Å². The lowest BCUT2D eigenvalue weighted by atomic mass is 10.0. The third-order valence-electron chi connectivity index (χ3n) is 2.72. The molecule has 0 bridgehead atoms. The molecule has 0 saturated carbocycles. The van der Waals surface area contributed by atoms with Gasteiger partial charge in [-0.15, -0.1) is 0 Å². The minimum Gasteiger partial charge on any atom is -0.488 e. The second kappa shape index (κ2) is 5.64. The largest absolute Gasteiger partial charge is 0.488 e. The van der Waals surface area contributed by atoms with Gasteiger partial charge < -0.3 is 4.74 Å². The van der Waals surface area contributed by atoms with Crippen molar-refractivity contribution in [3.05, 3.63) is 65.2 Å². The molecule has 0 amide bonds. The first-order chi connectivity index (χ1) is 9.76. The van der Waals surface area contributed by atoms with Crippen molar-refractivity contribution < 1.29 is 18.3 Å². The third kappa shape index (κ3) is 3.88. The summed E-state index contributed by atoms with van der Waals surface area (Å²) in [6.07, 6.45) is 0. The minimum atomic E-state index is -1.03. The Morgan fingerprint density at radius 1 is 0.905 bits per heavy atom. The predicted molar refractivity (Wildman–Crippen MR) is 76.6 cm³/mol. The van der Waals surface area contributed by atoms with Gasteiger partial charge in [0.25, 0.3) is 0 Å². The van der Waals surface area contributed by atoms with Crippen LogP contribution in [0.1, 0.15) is 36.7 Å². The molecule has 2 aromatic rings. The van der Waals surface area contributed by atoms with Crippen LogP contribution >= 0.6 is 0 Å². The Labute approximate surface area is 122 Å². The van der Waals surface area contributed by atoms with Gasteiger partial charge in [-0.2, -0.15) is 0 Å². The summed E-state index contributed by atoms with van der Waals surface area (Å²) >= 11 is 0. The molecule has 0 spiro atoms. The van der Waals surface area contributed by atoms with Crippen LogP contribution < -0.4 is 4.74 Å². The van der Waals surface area contributed by atoms with Gasteiger partial charge in [0.15, 0.2) is 17.4 Å². The van der Waals surface area contributed by atoms with E-state index in [9.17, 15) is 13.6 Å². The summed E-state index contributed by atoms with van der Waals surface area (Å²) in [5.74, 6) is -1.73. The first kappa shape index (κ1) is 15.2. The summed E-state index contributed by atoms with van der Waals surface area (Å²) in [4.78, 5) is 12.2. The number of ketones is 1. The second-order valence-corrected chi connectivity index (χ2v) is 5.70. The van der Waals surface area contributed by atoms with Crippen molar-refractivity contribution in [2.75, 3.05) is 0 Å². The van der Waals surface area contributed by atoms with E-state index in [-0.39, 0.29) is 16.9 Å². The van der Waals surface area contributed by atoms with E-state index < -0.39 is 11.6 Å². The minimum absolute atomic E-state index is 0.110. The lowest BCUT2D eigenvalue weighted by Gasteiger charge is -2.21. The molecule has 0 unspecified atom stereocenters. The maximum Gasteiger partial charge on any atom is 0.193 e. The molecule has 110 valence electrons. The van der Waals surface area contributed by atoms with E-state index >= 15 is 0 Å². The van der Waals surface area contributed by atoms with E-state index in [1.165, 1.54) is 6.07 Å². The van der Waals surface area contributed by atoms with Gasteiger partial charge in [-0.25, -0.2) is 8.78 Å². The zero-order valence-electron chi connectivity index (χ0n) is 12.1. The van der Waals surface area contributed by atoms with Crippen molar-refractivity contribution >= 4 is 5.78 Å². The van der Waals surface area contributed by atoms with E-state index in [2.05, 4.69) is 0 Å². The second-order valence-electron chi connectivity index (χ2n) is 5.70. The molecule has 2 nitrogen and oxygen atoms in total. The van der Waals surface area contributed by atoms with Crippen LogP contribution in [0.15, 0.2) is 42.5 Å². The van der Waals surface area contributed by atoms with E-state index in [0.29, 0.717) is 11.3 Å². The van der Waals surface area contributed by atoms with Crippen LogP contribution in [-0.2, 0) is 0 Å². The summed E-state index contributed by atoms with van der Waals surface area (Å²) in [5.41, 5.74) is 0.173. The average Bonchev–Trinajstić information content (AvgIpc) is 2.40. The van der Waals surface area contributed by atoms with Crippen molar-refractivity contribution in [1.29, 1.82) is 0 Å². The number of carbonyl (C=O) groups excluding carboxylic acids is 1. The highest BCUT2D eigenvalue weighted by Crippen LogP contribution is 2.20. The van der Waals surface area contributed by atoms with Crippen molar-refractivity contribution in [2.45, 2.75) is 26.4 Å². The van der Waals surface area contributed by atoms with Gasteiger partial charge in [0, 0.05) is 11.1 Å². The topological polar surface area (TPSA) is 26.3 Å². The number of halogens is 2. The quantitative estimate of drug-likeness (QED) is 0.784. The smallest absolute Gasteiger partial charge is 0.193 e. The fourth-order valence-corrected chi connectivity index (χ4v) is 1.83. The van der Waals surface area contributed by atoms with Crippen LogP contribution in [-0.4, -0.2) is 11.4 Å². The summed E-state index contributed by atoms with van der Waals surface area (Å²) in [5, 5.41) is 0. The number of benzene rings is 2. The van der Waals surface area contributed by atoms with Gasteiger partial charge in [0.2, 0.25) is 0 Å². The zero-order valence-corrected chi connectivity index (χ0v) is 12.1. The Hall–Kier alpha value is -2.23. The molecule has 0 aliphatic rings. The van der Waals surface area contributed by atoms with Crippen LogP contribution in [0.2, 0.25) is 0 Å². The molecular weight excluding hydrogens is 274 g/mol. The Balaban J connectivity index is 2.22. The van der Waals surface area contributed by atoms with Crippen LogP contribution in [0.5, 0.6) is 5.75 Å². The molecule has 0 N–H and O–H groups in total. The van der Waals surface area contributed by atoms with E-state index in [1.807, 2.05) is 20.8 Å². The number of rotatable bonds is 3. The van der Waals surface area contributed by atoms with Gasteiger partial charge in [-0.3, -0.25) is 4.79 Å². The Morgan fingerprint density at radius 3 is 2.00 bits per heavy atom. The molecule has 2 aromatic carbocycles. The molecule has 0 aliphatic carbocycles. The Morgan fingerprint density at radius 2 is 1.48 bits per heavy atom. The van der Waals surface area contributed by atoms with Crippen molar-refractivity contribution in [2.24, 2.45) is 0 Å². The van der Waals surface area contributed by atoms with Gasteiger partial charge in [-0.1, -0.05) is 0 Å². The number of carbonyl (C=O) groups is 1. The molecule has 0 heterocycles. The average molecular weight is 290 g/mol. The molecule has 4 heteroatoms. The Kier molecular flexibility index (Phi) is 4.07. The van der Waals surface area contributed by atoms with Gasteiger partial charge in [0.1, 0.15) is 11.4 Å². The fourth-order valence-electron chi connectivity index (χ4n) is 1.83. The maximum atomic E-state index is 13.2. The molecule has 0 radical (unpaired) electrons. The first-order valence-electron chi connectivity index (χ1n) is 6.55. The van der Waals surface area contributed by atoms with E-state index in [0.717, 1.165) is 12.1 Å². The van der Waals surface area contributed by atoms with Gasteiger partial charge >= 0.3 is 0 Å².